The van der Waals surface area contributed by atoms with E-state index in [4.69, 9.17) is 10.00 Å². The van der Waals surface area contributed by atoms with Crippen molar-refractivity contribution < 1.29 is 9.53 Å². The summed E-state index contributed by atoms with van der Waals surface area (Å²) in [6.45, 7) is 7.02. The van der Waals surface area contributed by atoms with Crippen molar-refractivity contribution in [3.05, 3.63) is 35.4 Å². The third kappa shape index (κ3) is 5.26. The number of nitriles is 1. The number of carbonyl (C=O) groups is 1. The molecule has 1 fully saturated rings. The second-order valence-electron chi connectivity index (χ2n) is 7.17. The molecule has 1 aromatic carbocycles. The zero-order chi connectivity index (χ0) is 16.9. The Morgan fingerprint density at radius 1 is 1.30 bits per heavy atom. The molecule has 1 aromatic rings. The predicted molar refractivity (Wildman–Crippen MR) is 88.8 cm³/mol. The fourth-order valence-electron chi connectivity index (χ4n) is 2.61. The number of rotatable bonds is 5. The van der Waals surface area contributed by atoms with Gasteiger partial charge >= 0.3 is 6.09 Å². The van der Waals surface area contributed by atoms with E-state index >= 15 is 0 Å². The van der Waals surface area contributed by atoms with Crippen LogP contribution in [0.1, 0.15) is 51.2 Å². The molecule has 0 saturated heterocycles. The quantitative estimate of drug-likeness (QED) is 0.875. The van der Waals surface area contributed by atoms with Crippen molar-refractivity contribution in [2.75, 3.05) is 6.54 Å². The Morgan fingerprint density at radius 3 is 2.43 bits per heavy atom. The summed E-state index contributed by atoms with van der Waals surface area (Å²) in [5.41, 5.74) is 1.10. The average Bonchev–Trinajstić information content (AvgIpc) is 2.43. The molecule has 0 aromatic heterocycles. The van der Waals surface area contributed by atoms with Gasteiger partial charge in [-0.15, -0.1) is 0 Å². The summed E-state index contributed by atoms with van der Waals surface area (Å²) in [5.74, 6) is 0. The molecule has 0 aliphatic heterocycles. The molecule has 0 bridgehead atoms. The minimum atomic E-state index is -0.481. The molecule has 0 heterocycles. The Hall–Kier alpha value is -2.06. The summed E-state index contributed by atoms with van der Waals surface area (Å²) >= 11 is 0. The van der Waals surface area contributed by atoms with Crippen LogP contribution >= 0.6 is 0 Å². The van der Waals surface area contributed by atoms with Gasteiger partial charge in [-0.05, 0) is 57.7 Å². The minimum absolute atomic E-state index is 0.199. The molecule has 1 amide bonds. The summed E-state index contributed by atoms with van der Waals surface area (Å²) < 4.78 is 5.35. The molecule has 5 nitrogen and oxygen atoms in total. The van der Waals surface area contributed by atoms with Gasteiger partial charge in [0.1, 0.15) is 5.60 Å². The second kappa shape index (κ2) is 7.01. The van der Waals surface area contributed by atoms with E-state index in [0.717, 1.165) is 24.8 Å². The van der Waals surface area contributed by atoms with Crippen molar-refractivity contribution >= 4 is 6.09 Å². The highest BCUT2D eigenvalue weighted by molar-refractivity contribution is 5.69. The van der Waals surface area contributed by atoms with Crippen LogP contribution in [0.4, 0.5) is 4.79 Å². The van der Waals surface area contributed by atoms with Gasteiger partial charge in [-0.1, -0.05) is 12.1 Å². The van der Waals surface area contributed by atoms with Crippen LogP contribution in [0.5, 0.6) is 0 Å². The lowest BCUT2D eigenvalue weighted by Crippen LogP contribution is -2.59. The largest absolute Gasteiger partial charge is 0.444 e. The van der Waals surface area contributed by atoms with Crippen LogP contribution in [0.3, 0.4) is 0 Å². The molecule has 2 N–H and O–H groups in total. The van der Waals surface area contributed by atoms with Gasteiger partial charge in [0.15, 0.2) is 0 Å². The van der Waals surface area contributed by atoms with Crippen LogP contribution in [0.2, 0.25) is 0 Å². The highest BCUT2D eigenvalue weighted by Gasteiger charge is 2.39. The summed E-state index contributed by atoms with van der Waals surface area (Å²) in [6.07, 6.45) is 2.70. The molecule has 1 aliphatic rings. The van der Waals surface area contributed by atoms with E-state index in [1.807, 2.05) is 45.0 Å². The smallest absolute Gasteiger partial charge is 0.408 e. The van der Waals surface area contributed by atoms with E-state index < -0.39 is 5.60 Å². The van der Waals surface area contributed by atoms with E-state index in [-0.39, 0.29) is 11.6 Å². The highest BCUT2D eigenvalue weighted by atomic mass is 16.6. The first kappa shape index (κ1) is 17.3. The van der Waals surface area contributed by atoms with Crippen LogP contribution in [0, 0.1) is 11.3 Å². The third-order valence-corrected chi connectivity index (χ3v) is 3.95. The molecule has 0 radical (unpaired) electrons. The molecule has 1 aliphatic carbocycles. The molecule has 0 spiro atoms. The third-order valence-electron chi connectivity index (χ3n) is 3.95. The van der Waals surface area contributed by atoms with Crippen LogP contribution in [-0.4, -0.2) is 23.8 Å². The van der Waals surface area contributed by atoms with Crippen LogP contribution in [-0.2, 0) is 11.3 Å². The van der Waals surface area contributed by atoms with Crippen LogP contribution in [0.25, 0.3) is 0 Å². The van der Waals surface area contributed by atoms with E-state index in [9.17, 15) is 4.79 Å². The van der Waals surface area contributed by atoms with Crippen molar-refractivity contribution in [3.63, 3.8) is 0 Å². The van der Waals surface area contributed by atoms with Crippen LogP contribution < -0.4 is 10.6 Å². The topological polar surface area (TPSA) is 74.2 Å². The van der Waals surface area contributed by atoms with Gasteiger partial charge < -0.3 is 15.4 Å². The van der Waals surface area contributed by atoms with Crippen molar-refractivity contribution in [3.8, 4) is 6.07 Å². The maximum atomic E-state index is 12.0. The number of hydrogen-bond acceptors (Lipinski definition) is 4. The van der Waals surface area contributed by atoms with Gasteiger partial charge in [0, 0.05) is 13.1 Å². The standard InChI is InChI=1S/C18H25N3O2/c1-17(2,3)23-16(22)21-18(9-4-10-18)13-20-12-15-7-5-14(11-19)6-8-15/h5-8,20H,4,9-10,12-13H2,1-3H3,(H,21,22). The number of amides is 1. The first-order chi connectivity index (χ1) is 10.8. The highest BCUT2D eigenvalue weighted by Crippen LogP contribution is 2.31. The number of nitrogens with one attached hydrogen (secondary N) is 2. The number of alkyl carbamates (subject to hydrolysis) is 1. The fraction of sp³-hybridized carbons (Fsp3) is 0.556. The van der Waals surface area contributed by atoms with E-state index in [1.54, 1.807) is 0 Å². The zero-order valence-corrected chi connectivity index (χ0v) is 14.1. The summed E-state index contributed by atoms with van der Waals surface area (Å²) in [4.78, 5) is 12.0. The molecule has 5 heteroatoms. The Bertz CT molecular complexity index is 578. The zero-order valence-electron chi connectivity index (χ0n) is 14.1. The average molecular weight is 315 g/mol. The molecular weight excluding hydrogens is 290 g/mol. The van der Waals surface area contributed by atoms with Crippen molar-refractivity contribution in [1.82, 2.24) is 10.6 Å². The molecule has 23 heavy (non-hydrogen) atoms. The lowest BCUT2D eigenvalue weighted by molar-refractivity contribution is 0.0382. The number of nitrogens with zero attached hydrogens (tertiary/aromatic N) is 1. The van der Waals surface area contributed by atoms with Gasteiger partial charge in [0.25, 0.3) is 0 Å². The fourth-order valence-corrected chi connectivity index (χ4v) is 2.61. The van der Waals surface area contributed by atoms with Crippen LogP contribution in [0.15, 0.2) is 24.3 Å². The summed E-state index contributed by atoms with van der Waals surface area (Å²) in [6, 6.07) is 9.63. The number of hydrogen-bond donors (Lipinski definition) is 2. The normalized spacial score (nSPS) is 16.1. The number of benzene rings is 1. The Morgan fingerprint density at radius 2 is 1.96 bits per heavy atom. The predicted octanol–water partition coefficient (Wildman–Crippen LogP) is 3.10. The Balaban J connectivity index is 1.82. The van der Waals surface area contributed by atoms with Gasteiger partial charge in [0.05, 0.1) is 17.2 Å². The first-order valence-electron chi connectivity index (χ1n) is 8.03. The van der Waals surface area contributed by atoms with Gasteiger partial charge in [-0.2, -0.15) is 5.26 Å². The summed E-state index contributed by atoms with van der Waals surface area (Å²) in [5, 5.41) is 15.2. The van der Waals surface area contributed by atoms with Gasteiger partial charge in [0.2, 0.25) is 0 Å². The molecule has 124 valence electrons. The van der Waals surface area contributed by atoms with E-state index in [0.29, 0.717) is 18.7 Å². The minimum Gasteiger partial charge on any atom is -0.444 e. The molecular formula is C18H25N3O2. The summed E-state index contributed by atoms with van der Waals surface area (Å²) in [7, 11) is 0. The molecule has 2 rings (SSSR count). The monoisotopic (exact) mass is 315 g/mol. The lowest BCUT2D eigenvalue weighted by Gasteiger charge is -2.42. The van der Waals surface area contributed by atoms with Gasteiger partial charge in [-0.25, -0.2) is 4.79 Å². The Labute approximate surface area is 138 Å². The second-order valence-corrected chi connectivity index (χ2v) is 7.17. The first-order valence-corrected chi connectivity index (χ1v) is 8.03. The molecule has 0 atom stereocenters. The van der Waals surface area contributed by atoms with E-state index in [1.165, 1.54) is 0 Å². The lowest BCUT2D eigenvalue weighted by atomic mass is 9.76. The maximum Gasteiger partial charge on any atom is 0.408 e. The maximum absolute atomic E-state index is 12.0. The van der Waals surface area contributed by atoms with Crippen molar-refractivity contribution in [2.24, 2.45) is 0 Å². The van der Waals surface area contributed by atoms with E-state index in [2.05, 4.69) is 16.7 Å². The SMILES string of the molecule is CC(C)(C)OC(=O)NC1(CNCc2ccc(C#N)cc2)CCC1. The molecule has 0 unspecified atom stereocenters. The Kier molecular flexibility index (Phi) is 5.27. The molecule has 1 saturated carbocycles. The number of ether oxygens (including phenoxy) is 1. The van der Waals surface area contributed by atoms with Crippen molar-refractivity contribution in [1.29, 1.82) is 5.26 Å². The van der Waals surface area contributed by atoms with Gasteiger partial charge in [-0.3, -0.25) is 0 Å². The van der Waals surface area contributed by atoms with Crippen molar-refractivity contribution in [2.45, 2.75) is 57.7 Å². The number of carbonyl (C=O) groups excluding carboxylic acids is 1.